The van der Waals surface area contributed by atoms with Gasteiger partial charge in [-0.2, -0.15) is 0 Å². The Morgan fingerprint density at radius 2 is 1.61 bits per heavy atom. The molecule has 162 valence electrons. The smallest absolute Gasteiger partial charge is 0.252 e. The molecule has 4 rings (SSSR count). The average molecular weight is 419 g/mol. The highest BCUT2D eigenvalue weighted by atomic mass is 16.2. The number of para-hydroxylation sites is 1. The number of aromatic nitrogens is 1. The predicted molar refractivity (Wildman–Crippen MR) is 124 cm³/mol. The molecule has 1 N–H and O–H groups in total. The molecule has 2 heterocycles. The van der Waals surface area contributed by atoms with Gasteiger partial charge >= 0.3 is 0 Å². The van der Waals surface area contributed by atoms with Crippen molar-refractivity contribution >= 4 is 16.8 Å². The van der Waals surface area contributed by atoms with Crippen LogP contribution in [0.5, 0.6) is 0 Å². The molecule has 0 saturated carbocycles. The third-order valence-electron chi connectivity index (χ3n) is 6.05. The topological polar surface area (TPSA) is 57.6 Å². The third kappa shape index (κ3) is 5.21. The Balaban J connectivity index is 1.23. The molecule has 0 unspecified atom stereocenters. The summed E-state index contributed by atoms with van der Waals surface area (Å²) in [5, 5.41) is 3.80. The SMILES string of the molecule is Cn1c(=O)cc(C(=O)NCCCN2CCN(Cc3ccccc3)CC2)c2ccccc21. The summed E-state index contributed by atoms with van der Waals surface area (Å²) in [5.74, 6) is -0.179. The lowest BCUT2D eigenvalue weighted by molar-refractivity contribution is 0.0948. The number of carbonyl (C=O) groups excluding carboxylic acids is 1. The molecule has 6 heteroatoms. The van der Waals surface area contributed by atoms with Gasteiger partial charge in [0.15, 0.2) is 0 Å². The van der Waals surface area contributed by atoms with Crippen molar-refractivity contribution in [3.05, 3.63) is 82.1 Å². The number of rotatable bonds is 7. The molecule has 31 heavy (non-hydrogen) atoms. The second kappa shape index (κ2) is 9.90. The lowest BCUT2D eigenvalue weighted by Crippen LogP contribution is -2.46. The second-order valence-corrected chi connectivity index (χ2v) is 8.19. The van der Waals surface area contributed by atoms with E-state index >= 15 is 0 Å². The van der Waals surface area contributed by atoms with E-state index in [1.54, 1.807) is 11.6 Å². The highest BCUT2D eigenvalue weighted by molar-refractivity contribution is 6.06. The van der Waals surface area contributed by atoms with Crippen LogP contribution in [0.25, 0.3) is 10.9 Å². The van der Waals surface area contributed by atoms with Crippen molar-refractivity contribution < 1.29 is 4.79 Å². The Labute approximate surface area is 183 Å². The minimum Gasteiger partial charge on any atom is -0.352 e. The zero-order valence-corrected chi connectivity index (χ0v) is 18.1. The van der Waals surface area contributed by atoms with Crippen LogP contribution in [0.2, 0.25) is 0 Å². The van der Waals surface area contributed by atoms with Gasteiger partial charge in [-0.25, -0.2) is 0 Å². The summed E-state index contributed by atoms with van der Waals surface area (Å²) in [6.45, 7) is 6.83. The highest BCUT2D eigenvalue weighted by Gasteiger charge is 2.17. The molecule has 0 atom stereocenters. The van der Waals surface area contributed by atoms with E-state index in [0.29, 0.717) is 12.1 Å². The normalized spacial score (nSPS) is 15.3. The number of carbonyl (C=O) groups is 1. The van der Waals surface area contributed by atoms with Gasteiger partial charge < -0.3 is 14.8 Å². The van der Waals surface area contributed by atoms with Crippen molar-refractivity contribution in [3.63, 3.8) is 0 Å². The van der Waals surface area contributed by atoms with Crippen LogP contribution in [-0.2, 0) is 13.6 Å². The summed E-state index contributed by atoms with van der Waals surface area (Å²) in [5.41, 5.74) is 2.42. The summed E-state index contributed by atoms with van der Waals surface area (Å²) in [4.78, 5) is 29.9. The summed E-state index contributed by atoms with van der Waals surface area (Å²) >= 11 is 0. The molecular weight excluding hydrogens is 388 g/mol. The zero-order chi connectivity index (χ0) is 21.6. The first kappa shape index (κ1) is 21.3. The van der Waals surface area contributed by atoms with Gasteiger partial charge in [0.25, 0.3) is 11.5 Å². The van der Waals surface area contributed by atoms with Crippen molar-refractivity contribution in [2.75, 3.05) is 39.3 Å². The first-order valence-electron chi connectivity index (χ1n) is 11.0. The van der Waals surface area contributed by atoms with Gasteiger partial charge in [-0.05, 0) is 24.6 Å². The number of amides is 1. The molecule has 0 radical (unpaired) electrons. The molecule has 0 bridgehead atoms. The first-order chi connectivity index (χ1) is 15.1. The quantitative estimate of drug-likeness (QED) is 0.599. The minimum absolute atomic E-state index is 0.169. The molecule has 0 spiro atoms. The summed E-state index contributed by atoms with van der Waals surface area (Å²) in [6.07, 6.45) is 0.896. The highest BCUT2D eigenvalue weighted by Crippen LogP contribution is 2.16. The van der Waals surface area contributed by atoms with Crippen LogP contribution in [0.15, 0.2) is 65.5 Å². The molecule has 1 aliphatic heterocycles. The van der Waals surface area contributed by atoms with Crippen molar-refractivity contribution in [1.29, 1.82) is 0 Å². The Morgan fingerprint density at radius 3 is 2.39 bits per heavy atom. The van der Waals surface area contributed by atoms with Crippen LogP contribution in [0.4, 0.5) is 0 Å². The van der Waals surface area contributed by atoms with Crippen LogP contribution < -0.4 is 10.9 Å². The first-order valence-corrected chi connectivity index (χ1v) is 11.0. The molecule has 3 aromatic rings. The largest absolute Gasteiger partial charge is 0.352 e. The maximum Gasteiger partial charge on any atom is 0.252 e. The monoisotopic (exact) mass is 418 g/mol. The van der Waals surface area contributed by atoms with Gasteiger partial charge in [0.2, 0.25) is 0 Å². The zero-order valence-electron chi connectivity index (χ0n) is 18.1. The summed E-state index contributed by atoms with van der Waals surface area (Å²) < 4.78 is 1.57. The van der Waals surface area contributed by atoms with Crippen molar-refractivity contribution in [1.82, 2.24) is 19.7 Å². The van der Waals surface area contributed by atoms with E-state index in [0.717, 1.165) is 56.6 Å². The number of hydrogen-bond donors (Lipinski definition) is 1. The van der Waals surface area contributed by atoms with Gasteiger partial charge in [-0.1, -0.05) is 48.5 Å². The van der Waals surface area contributed by atoms with E-state index in [4.69, 9.17) is 0 Å². The fourth-order valence-corrected chi connectivity index (χ4v) is 4.21. The lowest BCUT2D eigenvalue weighted by Gasteiger charge is -2.34. The summed E-state index contributed by atoms with van der Waals surface area (Å²) in [7, 11) is 1.73. The Kier molecular flexibility index (Phi) is 6.79. The number of nitrogens with zero attached hydrogens (tertiary/aromatic N) is 3. The van der Waals surface area contributed by atoms with E-state index in [2.05, 4.69) is 45.4 Å². The fraction of sp³-hybridized carbons (Fsp3) is 0.360. The molecule has 1 aliphatic rings. The van der Waals surface area contributed by atoms with Crippen molar-refractivity contribution in [3.8, 4) is 0 Å². The minimum atomic E-state index is -0.179. The van der Waals surface area contributed by atoms with E-state index in [-0.39, 0.29) is 11.5 Å². The fourth-order valence-electron chi connectivity index (χ4n) is 4.21. The molecular formula is C25H30N4O2. The Bertz CT molecular complexity index is 1090. The van der Waals surface area contributed by atoms with Gasteiger partial charge in [-0.3, -0.25) is 14.5 Å². The van der Waals surface area contributed by atoms with E-state index in [1.165, 1.54) is 11.6 Å². The molecule has 2 aromatic carbocycles. The Morgan fingerprint density at radius 1 is 0.935 bits per heavy atom. The van der Waals surface area contributed by atoms with E-state index in [9.17, 15) is 9.59 Å². The van der Waals surface area contributed by atoms with Crippen molar-refractivity contribution in [2.45, 2.75) is 13.0 Å². The van der Waals surface area contributed by atoms with Crippen LogP contribution in [0.1, 0.15) is 22.3 Å². The number of pyridine rings is 1. The molecule has 6 nitrogen and oxygen atoms in total. The third-order valence-corrected chi connectivity index (χ3v) is 6.05. The van der Waals surface area contributed by atoms with E-state index < -0.39 is 0 Å². The number of benzene rings is 2. The number of fused-ring (bicyclic) bond motifs is 1. The van der Waals surface area contributed by atoms with Crippen molar-refractivity contribution in [2.24, 2.45) is 7.05 Å². The average Bonchev–Trinajstić information content (AvgIpc) is 2.81. The molecule has 1 saturated heterocycles. The van der Waals surface area contributed by atoms with Crippen LogP contribution in [0.3, 0.4) is 0 Å². The number of hydrogen-bond acceptors (Lipinski definition) is 4. The molecule has 1 aromatic heterocycles. The second-order valence-electron chi connectivity index (χ2n) is 8.19. The maximum atomic E-state index is 12.7. The van der Waals surface area contributed by atoms with Crippen LogP contribution in [0, 0.1) is 0 Å². The van der Waals surface area contributed by atoms with Crippen LogP contribution in [-0.4, -0.2) is 59.5 Å². The number of piperazine rings is 1. The summed E-state index contributed by atoms with van der Waals surface area (Å²) in [6, 6.07) is 19.6. The number of aryl methyl sites for hydroxylation is 1. The Hall–Kier alpha value is -2.96. The molecule has 1 fully saturated rings. The molecule has 1 amide bonds. The van der Waals surface area contributed by atoms with Gasteiger partial charge in [0.05, 0.1) is 11.1 Å². The standard InChI is InChI=1S/C25H30N4O2/c1-27-23-11-6-5-10-21(23)22(18-24(27)30)25(31)26-12-7-13-28-14-16-29(17-15-28)19-20-8-3-2-4-9-20/h2-6,8-11,18H,7,12-17,19H2,1H3,(H,26,31). The van der Waals surface area contributed by atoms with Crippen LogP contribution >= 0.6 is 0 Å². The maximum absolute atomic E-state index is 12.7. The van der Waals surface area contributed by atoms with Gasteiger partial charge in [-0.15, -0.1) is 0 Å². The number of nitrogens with one attached hydrogen (secondary N) is 1. The predicted octanol–water partition coefficient (Wildman–Crippen LogP) is 2.48. The van der Waals surface area contributed by atoms with Gasteiger partial charge in [0, 0.05) is 57.8 Å². The van der Waals surface area contributed by atoms with E-state index in [1.807, 2.05) is 24.3 Å². The molecule has 0 aliphatic carbocycles. The lowest BCUT2D eigenvalue weighted by atomic mass is 10.1. The van der Waals surface area contributed by atoms with Gasteiger partial charge in [0.1, 0.15) is 0 Å².